The quantitative estimate of drug-likeness (QED) is 0.465. The highest BCUT2D eigenvalue weighted by Gasteiger charge is 2.17. The van der Waals surface area contributed by atoms with Crippen LogP contribution in [0.3, 0.4) is 0 Å². The lowest BCUT2D eigenvalue weighted by molar-refractivity contribution is 0.426. The third-order valence-corrected chi connectivity index (χ3v) is 2.76. The molecule has 0 bridgehead atoms. The Morgan fingerprint density at radius 3 is 2.41 bits per heavy atom. The zero-order valence-electron chi connectivity index (χ0n) is 8.91. The summed E-state index contributed by atoms with van der Waals surface area (Å²) in [5.74, 6) is 0. The zero-order valence-corrected chi connectivity index (χ0v) is 8.91. The van der Waals surface area contributed by atoms with E-state index < -0.39 is 7.12 Å². The van der Waals surface area contributed by atoms with E-state index >= 15 is 0 Å². The predicted octanol–water partition coefficient (Wildman–Crippen LogP) is 0.463. The first-order valence-electron chi connectivity index (χ1n) is 5.26. The van der Waals surface area contributed by atoms with Gasteiger partial charge in [0.1, 0.15) is 0 Å². The van der Waals surface area contributed by atoms with E-state index in [9.17, 15) is 10.0 Å². The lowest BCUT2D eigenvalue weighted by atomic mass is 9.78. The summed E-state index contributed by atoms with van der Waals surface area (Å²) >= 11 is 0. The van der Waals surface area contributed by atoms with Gasteiger partial charge in [0.25, 0.3) is 0 Å². The van der Waals surface area contributed by atoms with Gasteiger partial charge in [0.15, 0.2) is 0 Å². The summed E-state index contributed by atoms with van der Waals surface area (Å²) in [4.78, 5) is 8.50. The third kappa shape index (κ3) is 1.56. The van der Waals surface area contributed by atoms with Gasteiger partial charge in [-0.25, -0.2) is 0 Å². The summed E-state index contributed by atoms with van der Waals surface area (Å²) in [5.41, 5.74) is 1.80. The molecule has 0 radical (unpaired) electrons. The van der Waals surface area contributed by atoms with Gasteiger partial charge in [0, 0.05) is 28.6 Å². The second kappa shape index (κ2) is 3.80. The lowest BCUT2D eigenvalue weighted by Crippen LogP contribution is -2.31. The van der Waals surface area contributed by atoms with Crippen LogP contribution in [0.5, 0.6) is 0 Å². The number of fused-ring (bicyclic) bond motifs is 3. The molecular formula is C12H9BN2O2. The molecule has 0 saturated carbocycles. The van der Waals surface area contributed by atoms with Crippen LogP contribution in [-0.4, -0.2) is 27.1 Å². The van der Waals surface area contributed by atoms with Crippen LogP contribution < -0.4 is 5.46 Å². The first kappa shape index (κ1) is 10.2. The highest BCUT2D eigenvalue weighted by molar-refractivity contribution is 6.62. The van der Waals surface area contributed by atoms with Crippen molar-refractivity contribution in [1.82, 2.24) is 9.97 Å². The van der Waals surface area contributed by atoms with Crippen LogP contribution in [0.4, 0.5) is 0 Å². The SMILES string of the molecule is OB(O)c1cc2cccnc2c2cccnc12. The molecule has 17 heavy (non-hydrogen) atoms. The van der Waals surface area contributed by atoms with Crippen molar-refractivity contribution in [2.75, 3.05) is 0 Å². The molecule has 0 fully saturated rings. The van der Waals surface area contributed by atoms with Gasteiger partial charge in [0.05, 0.1) is 11.0 Å². The smallest absolute Gasteiger partial charge is 0.423 e. The normalized spacial score (nSPS) is 10.9. The van der Waals surface area contributed by atoms with Crippen molar-refractivity contribution in [2.45, 2.75) is 0 Å². The van der Waals surface area contributed by atoms with Crippen molar-refractivity contribution in [3.05, 3.63) is 42.7 Å². The number of hydrogen-bond donors (Lipinski definition) is 2. The average molecular weight is 224 g/mol. The van der Waals surface area contributed by atoms with E-state index in [1.807, 2.05) is 24.3 Å². The Labute approximate surface area is 97.7 Å². The second-order valence-corrected chi connectivity index (χ2v) is 3.81. The van der Waals surface area contributed by atoms with Crippen LogP contribution in [0.1, 0.15) is 0 Å². The van der Waals surface area contributed by atoms with E-state index in [0.29, 0.717) is 11.0 Å². The molecule has 0 atom stereocenters. The van der Waals surface area contributed by atoms with E-state index in [1.54, 1.807) is 18.5 Å². The number of rotatable bonds is 1. The minimum atomic E-state index is -1.53. The highest BCUT2D eigenvalue weighted by atomic mass is 16.4. The first-order valence-corrected chi connectivity index (χ1v) is 5.26. The summed E-state index contributed by atoms with van der Waals surface area (Å²) in [7, 11) is -1.53. The summed E-state index contributed by atoms with van der Waals surface area (Å²) in [5, 5.41) is 20.5. The molecule has 0 amide bonds. The van der Waals surface area contributed by atoms with E-state index in [1.165, 1.54) is 0 Å². The number of aromatic nitrogens is 2. The van der Waals surface area contributed by atoms with Crippen LogP contribution in [0.15, 0.2) is 42.7 Å². The molecule has 0 unspecified atom stereocenters. The fraction of sp³-hybridized carbons (Fsp3) is 0. The molecule has 0 aliphatic heterocycles. The van der Waals surface area contributed by atoms with Crippen LogP contribution in [-0.2, 0) is 0 Å². The van der Waals surface area contributed by atoms with Crippen LogP contribution in [0.25, 0.3) is 21.8 Å². The lowest BCUT2D eigenvalue weighted by Gasteiger charge is -2.07. The maximum atomic E-state index is 9.38. The molecule has 2 aromatic heterocycles. The van der Waals surface area contributed by atoms with Gasteiger partial charge in [-0.3, -0.25) is 9.97 Å². The van der Waals surface area contributed by atoms with Crippen molar-refractivity contribution >= 4 is 34.4 Å². The van der Waals surface area contributed by atoms with Gasteiger partial charge < -0.3 is 10.0 Å². The number of nitrogens with zero attached hydrogens (tertiary/aromatic N) is 2. The molecule has 0 aliphatic carbocycles. The Hall–Kier alpha value is -1.98. The second-order valence-electron chi connectivity index (χ2n) is 3.81. The van der Waals surface area contributed by atoms with Gasteiger partial charge >= 0.3 is 7.12 Å². The summed E-state index contributed by atoms with van der Waals surface area (Å²) in [6, 6.07) is 9.11. The van der Waals surface area contributed by atoms with Crippen molar-refractivity contribution in [3.63, 3.8) is 0 Å². The predicted molar refractivity (Wildman–Crippen MR) is 66.9 cm³/mol. The molecule has 0 saturated heterocycles. The Morgan fingerprint density at radius 2 is 1.65 bits per heavy atom. The zero-order chi connectivity index (χ0) is 11.8. The fourth-order valence-electron chi connectivity index (χ4n) is 2.02. The summed E-state index contributed by atoms with van der Waals surface area (Å²) in [6.45, 7) is 0. The molecule has 0 aliphatic rings. The molecular weight excluding hydrogens is 215 g/mol. The molecule has 0 spiro atoms. The van der Waals surface area contributed by atoms with E-state index in [2.05, 4.69) is 9.97 Å². The molecule has 2 heterocycles. The molecule has 5 heteroatoms. The topological polar surface area (TPSA) is 66.2 Å². The van der Waals surface area contributed by atoms with Crippen molar-refractivity contribution < 1.29 is 10.0 Å². The standard InChI is InChI=1S/C12H9BN2O2/c16-13(17)10-7-8-3-1-5-14-11(8)9-4-2-6-15-12(9)10/h1-7,16-17H. The van der Waals surface area contributed by atoms with Crippen molar-refractivity contribution in [2.24, 2.45) is 0 Å². The minimum absolute atomic E-state index is 0.404. The van der Waals surface area contributed by atoms with Crippen molar-refractivity contribution in [3.8, 4) is 0 Å². The average Bonchev–Trinajstić information content (AvgIpc) is 2.37. The molecule has 4 nitrogen and oxygen atoms in total. The minimum Gasteiger partial charge on any atom is -0.423 e. The van der Waals surface area contributed by atoms with Gasteiger partial charge in [0.2, 0.25) is 0 Å². The molecule has 1 aromatic carbocycles. The maximum absolute atomic E-state index is 9.38. The fourth-order valence-corrected chi connectivity index (χ4v) is 2.02. The monoisotopic (exact) mass is 224 g/mol. The summed E-state index contributed by atoms with van der Waals surface area (Å²) in [6.07, 6.45) is 3.34. The number of benzene rings is 1. The van der Waals surface area contributed by atoms with Gasteiger partial charge in [-0.15, -0.1) is 0 Å². The molecule has 2 N–H and O–H groups in total. The van der Waals surface area contributed by atoms with Crippen LogP contribution in [0.2, 0.25) is 0 Å². The van der Waals surface area contributed by atoms with Crippen LogP contribution >= 0.6 is 0 Å². The summed E-state index contributed by atoms with van der Waals surface area (Å²) < 4.78 is 0. The van der Waals surface area contributed by atoms with Gasteiger partial charge in [-0.05, 0) is 18.2 Å². The maximum Gasteiger partial charge on any atom is 0.490 e. The molecule has 82 valence electrons. The van der Waals surface area contributed by atoms with E-state index in [4.69, 9.17) is 0 Å². The largest absolute Gasteiger partial charge is 0.490 e. The molecule has 3 aromatic rings. The Bertz CT molecular complexity index is 700. The Balaban J connectivity index is 2.55. The van der Waals surface area contributed by atoms with Crippen LogP contribution in [0, 0.1) is 0 Å². The van der Waals surface area contributed by atoms with Crippen molar-refractivity contribution in [1.29, 1.82) is 0 Å². The van der Waals surface area contributed by atoms with Gasteiger partial charge in [-0.2, -0.15) is 0 Å². The first-order chi connectivity index (χ1) is 8.27. The Kier molecular flexibility index (Phi) is 2.28. The van der Waals surface area contributed by atoms with Gasteiger partial charge in [-0.1, -0.05) is 12.1 Å². The highest BCUT2D eigenvalue weighted by Crippen LogP contribution is 2.20. The van der Waals surface area contributed by atoms with E-state index in [0.717, 1.165) is 16.3 Å². The Morgan fingerprint density at radius 1 is 0.941 bits per heavy atom. The number of hydrogen-bond acceptors (Lipinski definition) is 4. The third-order valence-electron chi connectivity index (χ3n) is 2.76. The van der Waals surface area contributed by atoms with E-state index in [-0.39, 0.29) is 0 Å². The molecule has 3 rings (SSSR count). The number of pyridine rings is 2.